The van der Waals surface area contributed by atoms with Crippen LogP contribution >= 0.6 is 0 Å². The second-order valence-corrected chi connectivity index (χ2v) is 6.66. The molecule has 1 aliphatic heterocycles. The molecule has 6 nitrogen and oxygen atoms in total. The van der Waals surface area contributed by atoms with Crippen molar-refractivity contribution in [1.82, 2.24) is 5.32 Å². The van der Waals surface area contributed by atoms with Crippen molar-refractivity contribution >= 4 is 17.5 Å². The van der Waals surface area contributed by atoms with Gasteiger partial charge in [-0.05, 0) is 37.1 Å². The lowest BCUT2D eigenvalue weighted by Crippen LogP contribution is -2.34. The summed E-state index contributed by atoms with van der Waals surface area (Å²) in [6, 6.07) is 15.2. The number of anilines is 1. The van der Waals surface area contributed by atoms with Gasteiger partial charge in [0.2, 0.25) is 11.8 Å². The van der Waals surface area contributed by atoms with Crippen LogP contribution in [0, 0.1) is 5.92 Å². The van der Waals surface area contributed by atoms with Crippen LogP contribution in [0.5, 0.6) is 11.5 Å². The second kappa shape index (κ2) is 9.26. The number of carbonyl (C=O) groups is 2. The molecule has 0 bridgehead atoms. The quantitative estimate of drug-likeness (QED) is 0.762. The van der Waals surface area contributed by atoms with E-state index in [2.05, 4.69) is 5.32 Å². The summed E-state index contributed by atoms with van der Waals surface area (Å²) in [5, 5.41) is 2.95. The van der Waals surface area contributed by atoms with Crippen molar-refractivity contribution in [3.8, 4) is 11.5 Å². The molecule has 6 heteroatoms. The fourth-order valence-electron chi connectivity index (χ4n) is 3.45. The van der Waals surface area contributed by atoms with Gasteiger partial charge in [-0.1, -0.05) is 30.3 Å². The van der Waals surface area contributed by atoms with Crippen molar-refractivity contribution in [2.75, 3.05) is 31.7 Å². The first kappa shape index (κ1) is 19.7. The molecular formula is C22H26N2O4. The average molecular weight is 382 g/mol. The third-order valence-corrected chi connectivity index (χ3v) is 4.84. The van der Waals surface area contributed by atoms with E-state index in [0.717, 1.165) is 17.0 Å². The normalized spacial score (nSPS) is 16.1. The maximum Gasteiger partial charge on any atom is 0.227 e. The molecule has 28 heavy (non-hydrogen) atoms. The molecule has 0 aromatic heterocycles. The Morgan fingerprint density at radius 3 is 2.61 bits per heavy atom. The van der Waals surface area contributed by atoms with E-state index in [-0.39, 0.29) is 24.2 Å². The number of rotatable bonds is 8. The van der Waals surface area contributed by atoms with Gasteiger partial charge in [0.15, 0.2) is 0 Å². The molecule has 0 aliphatic carbocycles. The van der Waals surface area contributed by atoms with Gasteiger partial charge in [-0.3, -0.25) is 9.59 Å². The summed E-state index contributed by atoms with van der Waals surface area (Å²) >= 11 is 0. The maximum atomic E-state index is 12.6. The van der Waals surface area contributed by atoms with E-state index in [9.17, 15) is 9.59 Å². The Morgan fingerprint density at radius 1 is 1.14 bits per heavy atom. The Kier molecular flexibility index (Phi) is 6.53. The maximum absolute atomic E-state index is 12.6. The van der Waals surface area contributed by atoms with Crippen molar-refractivity contribution in [1.29, 1.82) is 0 Å². The summed E-state index contributed by atoms with van der Waals surface area (Å²) in [5.74, 6) is 0.957. The van der Waals surface area contributed by atoms with Gasteiger partial charge in [0.1, 0.15) is 11.5 Å². The van der Waals surface area contributed by atoms with E-state index in [0.29, 0.717) is 31.9 Å². The van der Waals surface area contributed by atoms with E-state index in [1.165, 1.54) is 0 Å². The molecule has 1 heterocycles. The number of nitrogens with one attached hydrogen (secondary N) is 1. The number of hydrogen-bond acceptors (Lipinski definition) is 4. The number of nitrogens with zero attached hydrogens (tertiary/aromatic N) is 1. The predicted octanol–water partition coefficient (Wildman–Crippen LogP) is 2.81. The van der Waals surface area contributed by atoms with Crippen LogP contribution in [-0.4, -0.2) is 38.6 Å². The lowest BCUT2D eigenvalue weighted by Gasteiger charge is -2.20. The highest BCUT2D eigenvalue weighted by Crippen LogP contribution is 2.33. The minimum Gasteiger partial charge on any atom is -0.496 e. The molecule has 1 saturated heterocycles. The highest BCUT2D eigenvalue weighted by Gasteiger charge is 2.36. The Bertz CT molecular complexity index is 837. The number of hydrogen-bond donors (Lipinski definition) is 1. The number of amides is 2. The number of ether oxygens (including phenoxy) is 2. The summed E-state index contributed by atoms with van der Waals surface area (Å²) in [5.41, 5.74) is 1.76. The first-order valence-electron chi connectivity index (χ1n) is 9.55. The average Bonchev–Trinajstić information content (AvgIpc) is 3.10. The second-order valence-electron chi connectivity index (χ2n) is 6.66. The van der Waals surface area contributed by atoms with E-state index < -0.39 is 0 Å². The molecule has 0 saturated carbocycles. The van der Waals surface area contributed by atoms with E-state index >= 15 is 0 Å². The van der Waals surface area contributed by atoms with Gasteiger partial charge < -0.3 is 19.7 Å². The molecule has 1 N–H and O–H groups in total. The van der Waals surface area contributed by atoms with Gasteiger partial charge >= 0.3 is 0 Å². The molecule has 3 rings (SSSR count). The molecule has 1 aliphatic rings. The topological polar surface area (TPSA) is 67.9 Å². The van der Waals surface area contributed by atoms with Crippen LogP contribution in [0.25, 0.3) is 0 Å². The van der Waals surface area contributed by atoms with E-state index in [4.69, 9.17) is 9.47 Å². The summed E-state index contributed by atoms with van der Waals surface area (Å²) in [7, 11) is 1.64. The van der Waals surface area contributed by atoms with Crippen LogP contribution in [0.4, 0.5) is 5.69 Å². The first-order valence-corrected chi connectivity index (χ1v) is 9.55. The Morgan fingerprint density at radius 2 is 1.86 bits per heavy atom. The Hall–Kier alpha value is -3.02. The smallest absolute Gasteiger partial charge is 0.227 e. The Labute approximate surface area is 165 Å². The molecule has 0 radical (unpaired) electrons. The predicted molar refractivity (Wildman–Crippen MR) is 108 cm³/mol. The Balaban J connectivity index is 1.58. The van der Waals surface area contributed by atoms with Crippen LogP contribution in [-0.2, 0) is 16.0 Å². The van der Waals surface area contributed by atoms with E-state index in [1.807, 2.05) is 55.5 Å². The van der Waals surface area contributed by atoms with Crippen LogP contribution in [0.15, 0.2) is 48.5 Å². The van der Waals surface area contributed by atoms with Crippen molar-refractivity contribution < 1.29 is 19.1 Å². The molecule has 0 spiro atoms. The molecule has 1 fully saturated rings. The zero-order valence-corrected chi connectivity index (χ0v) is 16.3. The van der Waals surface area contributed by atoms with Crippen molar-refractivity contribution in [2.24, 2.45) is 5.92 Å². The zero-order chi connectivity index (χ0) is 19.9. The molecule has 1 unspecified atom stereocenters. The zero-order valence-electron chi connectivity index (χ0n) is 16.3. The fraction of sp³-hybridized carbons (Fsp3) is 0.364. The monoisotopic (exact) mass is 382 g/mol. The lowest BCUT2D eigenvalue weighted by molar-refractivity contribution is -0.126. The third kappa shape index (κ3) is 4.44. The standard InChI is InChI=1S/C22H26N2O4/c1-3-28-20-11-7-5-9-18(20)24-15-17(14-21(24)25)22(26)23-13-12-16-8-4-6-10-19(16)27-2/h4-11,17H,3,12-15H2,1-2H3,(H,23,26). The molecular weight excluding hydrogens is 356 g/mol. The fourth-order valence-corrected chi connectivity index (χ4v) is 3.45. The molecule has 2 amide bonds. The third-order valence-electron chi connectivity index (χ3n) is 4.84. The SMILES string of the molecule is CCOc1ccccc1N1CC(C(=O)NCCc2ccccc2OC)CC1=O. The molecule has 2 aromatic rings. The summed E-state index contributed by atoms with van der Waals surface area (Å²) in [6.07, 6.45) is 0.883. The minimum atomic E-state index is -0.361. The molecule has 2 aromatic carbocycles. The van der Waals surface area contributed by atoms with Crippen molar-refractivity contribution in [2.45, 2.75) is 19.8 Å². The summed E-state index contributed by atoms with van der Waals surface area (Å²) in [4.78, 5) is 26.7. The number of methoxy groups -OCH3 is 1. The highest BCUT2D eigenvalue weighted by atomic mass is 16.5. The largest absolute Gasteiger partial charge is 0.496 e. The van der Waals surface area contributed by atoms with Gasteiger partial charge in [0, 0.05) is 19.5 Å². The van der Waals surface area contributed by atoms with Gasteiger partial charge in [-0.2, -0.15) is 0 Å². The molecule has 1 atom stereocenters. The van der Waals surface area contributed by atoms with Crippen LogP contribution in [0.3, 0.4) is 0 Å². The van der Waals surface area contributed by atoms with Crippen molar-refractivity contribution in [3.63, 3.8) is 0 Å². The van der Waals surface area contributed by atoms with Gasteiger partial charge in [0.25, 0.3) is 0 Å². The summed E-state index contributed by atoms with van der Waals surface area (Å²) < 4.78 is 11.0. The van der Waals surface area contributed by atoms with Crippen molar-refractivity contribution in [3.05, 3.63) is 54.1 Å². The lowest BCUT2D eigenvalue weighted by atomic mass is 10.1. The van der Waals surface area contributed by atoms with Gasteiger partial charge in [0.05, 0.1) is 25.3 Å². The van der Waals surface area contributed by atoms with Gasteiger partial charge in [-0.15, -0.1) is 0 Å². The number of benzene rings is 2. The minimum absolute atomic E-state index is 0.0583. The number of carbonyl (C=O) groups excluding carboxylic acids is 2. The molecule has 148 valence electrons. The van der Waals surface area contributed by atoms with E-state index in [1.54, 1.807) is 12.0 Å². The summed E-state index contributed by atoms with van der Waals surface area (Å²) in [6.45, 7) is 3.29. The first-order chi connectivity index (χ1) is 13.6. The van der Waals surface area contributed by atoms with Crippen LogP contribution in [0.1, 0.15) is 18.9 Å². The highest BCUT2D eigenvalue weighted by molar-refractivity contribution is 6.01. The van der Waals surface area contributed by atoms with Crippen LogP contribution < -0.4 is 19.7 Å². The van der Waals surface area contributed by atoms with Crippen LogP contribution in [0.2, 0.25) is 0 Å². The number of para-hydroxylation sites is 3. The van der Waals surface area contributed by atoms with Gasteiger partial charge in [-0.25, -0.2) is 0 Å².